The Morgan fingerprint density at radius 2 is 1.59 bits per heavy atom. The zero-order valence-corrected chi connectivity index (χ0v) is 18.5. The average molecular weight is 455 g/mol. The molecule has 1 rings (SSSR count). The fraction of sp³-hybridized carbons (Fsp3) is 0.579. The fourth-order valence-electron chi connectivity index (χ4n) is 2.93. The van der Waals surface area contributed by atoms with Gasteiger partial charge in [0.05, 0.1) is 20.9 Å². The molecule has 2 atom stereocenters. The summed E-state index contributed by atoms with van der Waals surface area (Å²) in [6.07, 6.45) is 1.65. The molecule has 178 valence electrons. The van der Waals surface area contributed by atoms with Crippen LogP contribution >= 0.6 is 0 Å². The van der Waals surface area contributed by atoms with Crippen molar-refractivity contribution in [3.8, 4) is 0 Å². The smallest absolute Gasteiger partial charge is 0.407 e. The number of nitrogens with zero attached hydrogens (tertiary/aromatic N) is 2. The molecule has 0 aromatic heterocycles. The number of carbonyl (C=O) groups is 6. The van der Waals surface area contributed by atoms with Crippen LogP contribution in [0.2, 0.25) is 0 Å². The summed E-state index contributed by atoms with van der Waals surface area (Å²) in [5.41, 5.74) is 0. The third kappa shape index (κ3) is 7.34. The molecule has 0 aliphatic carbocycles. The Bertz CT molecular complexity index is 751. The van der Waals surface area contributed by atoms with E-state index in [-0.39, 0.29) is 19.6 Å². The maximum Gasteiger partial charge on any atom is 0.407 e. The normalized spacial score (nSPS) is 14.6. The van der Waals surface area contributed by atoms with Crippen molar-refractivity contribution in [1.82, 2.24) is 25.8 Å². The van der Waals surface area contributed by atoms with Crippen molar-refractivity contribution in [3.05, 3.63) is 12.2 Å². The summed E-state index contributed by atoms with van der Waals surface area (Å²) in [5, 5.41) is 7.58. The highest BCUT2D eigenvalue weighted by Crippen LogP contribution is 2.13. The van der Waals surface area contributed by atoms with Crippen LogP contribution in [-0.2, 0) is 28.7 Å². The highest BCUT2D eigenvalue weighted by atomic mass is 16.5. The zero-order chi connectivity index (χ0) is 24.3. The molecule has 0 aromatic rings. The van der Waals surface area contributed by atoms with Gasteiger partial charge in [0, 0.05) is 18.7 Å². The number of methoxy groups -OCH3 is 2. The molecule has 1 aliphatic heterocycles. The first-order valence-corrected chi connectivity index (χ1v) is 9.89. The molecule has 0 aromatic carbocycles. The van der Waals surface area contributed by atoms with Gasteiger partial charge < -0.3 is 25.4 Å². The number of amides is 6. The van der Waals surface area contributed by atoms with E-state index in [9.17, 15) is 28.8 Å². The van der Waals surface area contributed by atoms with E-state index in [4.69, 9.17) is 0 Å². The molecular weight excluding hydrogens is 426 g/mol. The first kappa shape index (κ1) is 26.6. The van der Waals surface area contributed by atoms with Crippen LogP contribution in [0.25, 0.3) is 0 Å². The summed E-state index contributed by atoms with van der Waals surface area (Å²) in [4.78, 5) is 74.3. The van der Waals surface area contributed by atoms with Crippen LogP contribution < -0.4 is 16.0 Å². The van der Waals surface area contributed by atoms with Gasteiger partial charge in [0.2, 0.25) is 0 Å². The van der Waals surface area contributed by atoms with E-state index < -0.39 is 47.9 Å². The molecule has 1 aliphatic rings. The number of nitrogens with one attached hydrogen (secondary N) is 3. The highest BCUT2D eigenvalue weighted by molar-refractivity contribution is 6.15. The number of imide groups is 2. The highest BCUT2D eigenvalue weighted by Gasteiger charge is 2.38. The van der Waals surface area contributed by atoms with Crippen LogP contribution in [0.3, 0.4) is 0 Å². The zero-order valence-electron chi connectivity index (χ0n) is 18.5. The molecule has 1 heterocycles. The van der Waals surface area contributed by atoms with Crippen LogP contribution in [0.15, 0.2) is 12.2 Å². The molecular formula is C19H29N5O8. The number of carbonyl (C=O) groups excluding carboxylic acids is 6. The summed E-state index contributed by atoms with van der Waals surface area (Å²) in [6, 6.07) is -2.35. The molecule has 3 N–H and O–H groups in total. The second-order valence-corrected chi connectivity index (χ2v) is 6.77. The van der Waals surface area contributed by atoms with Gasteiger partial charge in [-0.2, -0.15) is 0 Å². The first-order valence-electron chi connectivity index (χ1n) is 9.89. The van der Waals surface area contributed by atoms with E-state index in [2.05, 4.69) is 25.4 Å². The lowest BCUT2D eigenvalue weighted by Gasteiger charge is -2.30. The number of unbranched alkanes of at least 4 members (excludes halogenated alkanes) is 1. The van der Waals surface area contributed by atoms with Gasteiger partial charge in [0.25, 0.3) is 23.6 Å². The van der Waals surface area contributed by atoms with Crippen molar-refractivity contribution < 1.29 is 38.2 Å². The minimum Gasteiger partial charge on any atom is -0.453 e. The molecule has 0 spiro atoms. The van der Waals surface area contributed by atoms with Crippen LogP contribution in [0.1, 0.15) is 26.2 Å². The van der Waals surface area contributed by atoms with Gasteiger partial charge in [-0.15, -0.1) is 0 Å². The average Bonchev–Trinajstić information content (AvgIpc) is 3.12. The van der Waals surface area contributed by atoms with E-state index >= 15 is 0 Å². The van der Waals surface area contributed by atoms with Gasteiger partial charge >= 0.3 is 12.2 Å². The maximum absolute atomic E-state index is 13.1. The predicted molar refractivity (Wildman–Crippen MR) is 110 cm³/mol. The molecule has 13 nitrogen and oxygen atoms in total. The molecule has 0 saturated heterocycles. The third-order valence-electron chi connectivity index (χ3n) is 4.59. The Kier molecular flexibility index (Phi) is 10.8. The van der Waals surface area contributed by atoms with Crippen molar-refractivity contribution in [2.45, 2.75) is 38.3 Å². The standard InChI is InChI=1S/C19H29N5O8/c1-12(24-14(25)8-9-15(24)26)16(27)23(11-20-2)17(28)13(22-19(30)32-4)7-5-6-10-21-18(29)31-3/h8-9,12-13,20H,5-7,10-11H2,1-4H3,(H,21,29)(H,22,30). The van der Waals surface area contributed by atoms with Crippen molar-refractivity contribution in [1.29, 1.82) is 0 Å². The Morgan fingerprint density at radius 3 is 2.12 bits per heavy atom. The summed E-state index contributed by atoms with van der Waals surface area (Å²) >= 11 is 0. The molecule has 0 bridgehead atoms. The second kappa shape index (κ2) is 13.0. The number of hydrogen-bond donors (Lipinski definition) is 3. The molecule has 13 heteroatoms. The first-order chi connectivity index (χ1) is 15.2. The van der Waals surface area contributed by atoms with Gasteiger partial charge in [-0.1, -0.05) is 0 Å². The molecule has 2 unspecified atom stereocenters. The van der Waals surface area contributed by atoms with Gasteiger partial charge in [-0.3, -0.25) is 29.0 Å². The molecule has 0 saturated carbocycles. The number of rotatable bonds is 11. The summed E-state index contributed by atoms with van der Waals surface area (Å²) in [6.45, 7) is 1.41. The number of alkyl carbamates (subject to hydrolysis) is 2. The summed E-state index contributed by atoms with van der Waals surface area (Å²) in [5.74, 6) is -2.85. The fourth-order valence-corrected chi connectivity index (χ4v) is 2.93. The Morgan fingerprint density at radius 1 is 1.00 bits per heavy atom. The second-order valence-electron chi connectivity index (χ2n) is 6.77. The number of ether oxygens (including phenoxy) is 2. The van der Waals surface area contributed by atoms with Crippen molar-refractivity contribution >= 4 is 35.8 Å². The van der Waals surface area contributed by atoms with Crippen LogP contribution in [0.5, 0.6) is 0 Å². The van der Waals surface area contributed by atoms with Crippen LogP contribution in [0, 0.1) is 0 Å². The molecule has 0 fully saturated rings. The molecule has 6 amide bonds. The monoisotopic (exact) mass is 455 g/mol. The Balaban J connectivity index is 2.91. The predicted octanol–water partition coefficient (Wildman–Crippen LogP) is -0.917. The van der Waals surface area contributed by atoms with Gasteiger partial charge in [-0.25, -0.2) is 9.59 Å². The lowest BCUT2D eigenvalue weighted by atomic mass is 10.1. The van der Waals surface area contributed by atoms with Crippen LogP contribution in [0.4, 0.5) is 9.59 Å². The third-order valence-corrected chi connectivity index (χ3v) is 4.59. The SMILES string of the molecule is CNCN(C(=O)C(CCCCNC(=O)OC)NC(=O)OC)C(=O)C(C)N1C(=O)C=CC1=O. The summed E-state index contributed by atoms with van der Waals surface area (Å²) < 4.78 is 9.02. The minimum atomic E-state index is -1.23. The lowest BCUT2D eigenvalue weighted by Crippen LogP contribution is -2.57. The van der Waals surface area contributed by atoms with Crippen molar-refractivity contribution in [2.75, 3.05) is 34.5 Å². The lowest BCUT2D eigenvalue weighted by molar-refractivity contribution is -0.155. The molecule has 0 radical (unpaired) electrons. The van der Waals surface area contributed by atoms with Crippen molar-refractivity contribution in [3.63, 3.8) is 0 Å². The maximum atomic E-state index is 13.1. The van der Waals surface area contributed by atoms with Gasteiger partial charge in [0.15, 0.2) is 0 Å². The minimum absolute atomic E-state index is 0.141. The topological polar surface area (TPSA) is 163 Å². The Hall–Kier alpha value is -3.48. The van der Waals surface area contributed by atoms with E-state index in [1.807, 2.05) is 0 Å². The number of hydrogen-bond acceptors (Lipinski definition) is 9. The van der Waals surface area contributed by atoms with Crippen LogP contribution in [-0.4, -0.2) is 92.2 Å². The van der Waals surface area contributed by atoms with E-state index in [1.54, 1.807) is 0 Å². The van der Waals surface area contributed by atoms with E-state index in [1.165, 1.54) is 21.1 Å². The molecule has 32 heavy (non-hydrogen) atoms. The summed E-state index contributed by atoms with van der Waals surface area (Å²) in [7, 11) is 3.87. The quantitative estimate of drug-likeness (QED) is 0.203. The largest absolute Gasteiger partial charge is 0.453 e. The van der Waals surface area contributed by atoms with Gasteiger partial charge in [-0.05, 0) is 33.2 Å². The Labute approximate surface area is 185 Å². The van der Waals surface area contributed by atoms with Crippen molar-refractivity contribution in [2.24, 2.45) is 0 Å². The van der Waals surface area contributed by atoms with E-state index in [0.717, 1.165) is 29.1 Å². The van der Waals surface area contributed by atoms with Gasteiger partial charge in [0.1, 0.15) is 12.1 Å². The van der Waals surface area contributed by atoms with E-state index in [0.29, 0.717) is 12.8 Å².